The number of rotatable bonds is 2. The molecule has 1 aromatic heterocycles. The number of piperidine rings is 1. The number of likely N-dealkylation sites (tertiary alicyclic amines) is 1. The fourth-order valence-electron chi connectivity index (χ4n) is 2.67. The summed E-state index contributed by atoms with van der Waals surface area (Å²) >= 11 is 3.44. The number of aromatic nitrogens is 2. The van der Waals surface area contributed by atoms with Gasteiger partial charge in [-0.05, 0) is 38.1 Å². The Hall–Kier alpha value is -1.11. The van der Waals surface area contributed by atoms with E-state index in [0.717, 1.165) is 41.3 Å². The predicted octanol–water partition coefficient (Wildman–Crippen LogP) is 2.57. The number of H-pyrrole nitrogens is 1. The number of halogens is 2. The Labute approximate surface area is 138 Å². The highest BCUT2D eigenvalue weighted by Crippen LogP contribution is 2.23. The lowest BCUT2D eigenvalue weighted by molar-refractivity contribution is 0.0703. The first-order chi connectivity index (χ1) is 9.69. The zero-order valence-corrected chi connectivity index (χ0v) is 14.1. The molecule has 0 atom stereocenters. The largest absolute Gasteiger partial charge is 0.337 e. The van der Waals surface area contributed by atoms with Crippen molar-refractivity contribution in [2.45, 2.75) is 18.9 Å². The smallest absolute Gasteiger partial charge is 0.274 e. The number of benzene rings is 1. The third-order valence-corrected chi connectivity index (χ3v) is 4.41. The van der Waals surface area contributed by atoms with Crippen LogP contribution in [0, 0.1) is 0 Å². The number of hydrogen-bond donors (Lipinski definition) is 2. The molecule has 7 heteroatoms. The average molecular weight is 374 g/mol. The maximum absolute atomic E-state index is 12.6. The van der Waals surface area contributed by atoms with Gasteiger partial charge in [-0.1, -0.05) is 15.9 Å². The molecule has 1 aromatic carbocycles. The van der Waals surface area contributed by atoms with Crippen molar-refractivity contribution in [1.29, 1.82) is 0 Å². The summed E-state index contributed by atoms with van der Waals surface area (Å²) < 4.78 is 0.953. The van der Waals surface area contributed by atoms with Crippen LogP contribution < -0.4 is 5.32 Å². The predicted molar refractivity (Wildman–Crippen MR) is 89.0 cm³/mol. The van der Waals surface area contributed by atoms with Gasteiger partial charge in [-0.2, -0.15) is 5.10 Å². The van der Waals surface area contributed by atoms with E-state index in [4.69, 9.17) is 0 Å². The Morgan fingerprint density at radius 1 is 1.43 bits per heavy atom. The van der Waals surface area contributed by atoms with E-state index in [1.54, 1.807) is 0 Å². The lowest BCUT2D eigenvalue weighted by atomic mass is 10.0. The van der Waals surface area contributed by atoms with Crippen molar-refractivity contribution in [3.8, 4) is 0 Å². The van der Waals surface area contributed by atoms with Gasteiger partial charge in [0.15, 0.2) is 5.69 Å². The molecule has 1 aliphatic heterocycles. The molecule has 0 radical (unpaired) electrons. The number of aromatic amines is 1. The SMILES string of the molecule is CNC1CCN(C(=O)c2n[nH]c3ccc(Br)cc23)CC1.Cl. The van der Waals surface area contributed by atoms with E-state index in [-0.39, 0.29) is 18.3 Å². The van der Waals surface area contributed by atoms with E-state index in [9.17, 15) is 4.79 Å². The number of nitrogens with one attached hydrogen (secondary N) is 2. The minimum Gasteiger partial charge on any atom is -0.337 e. The molecular formula is C14H18BrClN4O. The van der Waals surface area contributed by atoms with E-state index in [1.807, 2.05) is 30.1 Å². The van der Waals surface area contributed by atoms with Gasteiger partial charge in [0.1, 0.15) is 0 Å². The minimum absolute atomic E-state index is 0. The molecule has 1 amide bonds. The first-order valence-electron chi connectivity index (χ1n) is 6.79. The maximum Gasteiger partial charge on any atom is 0.274 e. The van der Waals surface area contributed by atoms with Crippen molar-refractivity contribution in [1.82, 2.24) is 20.4 Å². The summed E-state index contributed by atoms with van der Waals surface area (Å²) in [6.45, 7) is 1.57. The zero-order chi connectivity index (χ0) is 14.1. The van der Waals surface area contributed by atoms with Crippen LogP contribution in [-0.4, -0.2) is 47.2 Å². The van der Waals surface area contributed by atoms with Crippen LogP contribution in [0.3, 0.4) is 0 Å². The summed E-state index contributed by atoms with van der Waals surface area (Å²) in [6, 6.07) is 6.32. The van der Waals surface area contributed by atoms with Crippen LogP contribution in [0.5, 0.6) is 0 Å². The third-order valence-electron chi connectivity index (χ3n) is 3.92. The number of carbonyl (C=O) groups is 1. The van der Waals surface area contributed by atoms with Gasteiger partial charge < -0.3 is 10.2 Å². The van der Waals surface area contributed by atoms with Crippen LogP contribution in [0.25, 0.3) is 10.9 Å². The van der Waals surface area contributed by atoms with Crippen LogP contribution in [0.1, 0.15) is 23.3 Å². The molecule has 1 fully saturated rings. The van der Waals surface area contributed by atoms with Crippen molar-refractivity contribution < 1.29 is 4.79 Å². The Morgan fingerprint density at radius 3 is 2.81 bits per heavy atom. The fourth-order valence-corrected chi connectivity index (χ4v) is 3.03. The highest BCUT2D eigenvalue weighted by molar-refractivity contribution is 9.10. The van der Waals surface area contributed by atoms with Gasteiger partial charge in [-0.25, -0.2) is 0 Å². The van der Waals surface area contributed by atoms with E-state index < -0.39 is 0 Å². The molecule has 2 heterocycles. The second kappa shape index (κ2) is 6.77. The highest BCUT2D eigenvalue weighted by Gasteiger charge is 2.25. The number of nitrogens with zero attached hydrogens (tertiary/aromatic N) is 2. The molecule has 0 aliphatic carbocycles. The molecule has 1 saturated heterocycles. The summed E-state index contributed by atoms with van der Waals surface area (Å²) in [5, 5.41) is 11.3. The van der Waals surface area contributed by atoms with Crippen molar-refractivity contribution in [3.05, 3.63) is 28.4 Å². The molecule has 0 spiro atoms. The number of fused-ring (bicyclic) bond motifs is 1. The molecule has 2 N–H and O–H groups in total. The van der Waals surface area contributed by atoms with E-state index >= 15 is 0 Å². The van der Waals surface area contributed by atoms with Crippen molar-refractivity contribution in [2.75, 3.05) is 20.1 Å². The second-order valence-electron chi connectivity index (χ2n) is 5.12. The molecule has 21 heavy (non-hydrogen) atoms. The summed E-state index contributed by atoms with van der Waals surface area (Å²) in [5.41, 5.74) is 1.41. The van der Waals surface area contributed by atoms with Crippen LogP contribution in [-0.2, 0) is 0 Å². The van der Waals surface area contributed by atoms with Crippen LogP contribution >= 0.6 is 28.3 Å². The minimum atomic E-state index is 0. The summed E-state index contributed by atoms with van der Waals surface area (Å²) in [6.07, 6.45) is 1.99. The van der Waals surface area contributed by atoms with Gasteiger partial charge in [0.25, 0.3) is 5.91 Å². The molecule has 3 rings (SSSR count). The summed E-state index contributed by atoms with van der Waals surface area (Å²) in [4.78, 5) is 14.5. The Bertz CT molecular complexity index is 637. The van der Waals surface area contributed by atoms with Gasteiger partial charge in [0.2, 0.25) is 0 Å². The Balaban J connectivity index is 0.00000161. The highest BCUT2D eigenvalue weighted by atomic mass is 79.9. The zero-order valence-electron chi connectivity index (χ0n) is 11.7. The van der Waals surface area contributed by atoms with Crippen LogP contribution in [0.4, 0.5) is 0 Å². The monoisotopic (exact) mass is 372 g/mol. The Morgan fingerprint density at radius 2 is 2.14 bits per heavy atom. The molecule has 114 valence electrons. The average Bonchev–Trinajstić information content (AvgIpc) is 2.89. The van der Waals surface area contributed by atoms with Gasteiger partial charge in [0, 0.05) is 29.0 Å². The first-order valence-corrected chi connectivity index (χ1v) is 7.58. The van der Waals surface area contributed by atoms with Crippen molar-refractivity contribution in [2.24, 2.45) is 0 Å². The number of hydrogen-bond acceptors (Lipinski definition) is 3. The van der Waals surface area contributed by atoms with Gasteiger partial charge in [-0.3, -0.25) is 9.89 Å². The molecular weight excluding hydrogens is 356 g/mol. The molecule has 5 nitrogen and oxygen atoms in total. The van der Waals surface area contributed by atoms with Crippen molar-refractivity contribution >= 4 is 45.1 Å². The maximum atomic E-state index is 12.6. The lowest BCUT2D eigenvalue weighted by Gasteiger charge is -2.31. The van der Waals surface area contributed by atoms with Gasteiger partial charge in [-0.15, -0.1) is 12.4 Å². The van der Waals surface area contributed by atoms with Crippen LogP contribution in [0.15, 0.2) is 22.7 Å². The molecule has 0 unspecified atom stereocenters. The number of carbonyl (C=O) groups excluding carboxylic acids is 1. The molecule has 1 aliphatic rings. The van der Waals surface area contributed by atoms with Crippen LogP contribution in [0.2, 0.25) is 0 Å². The topological polar surface area (TPSA) is 61.0 Å². The van der Waals surface area contributed by atoms with Gasteiger partial charge >= 0.3 is 0 Å². The van der Waals surface area contributed by atoms with E-state index in [0.29, 0.717) is 11.7 Å². The summed E-state index contributed by atoms with van der Waals surface area (Å²) in [7, 11) is 1.97. The van der Waals surface area contributed by atoms with E-state index in [2.05, 4.69) is 31.4 Å². The van der Waals surface area contributed by atoms with Crippen molar-refractivity contribution in [3.63, 3.8) is 0 Å². The lowest BCUT2D eigenvalue weighted by Crippen LogP contribution is -2.44. The van der Waals surface area contributed by atoms with Gasteiger partial charge in [0.05, 0.1) is 5.52 Å². The summed E-state index contributed by atoms with van der Waals surface area (Å²) in [5.74, 6) is 0.0175. The standard InChI is InChI=1S/C14H17BrN4O.ClH/c1-16-10-4-6-19(7-5-10)14(20)13-11-8-9(15)2-3-12(11)17-18-13;/h2-3,8,10,16H,4-7H2,1H3,(H,17,18);1H. The first kappa shape index (κ1) is 16.3. The normalized spacial score (nSPS) is 16.0. The quantitative estimate of drug-likeness (QED) is 0.850. The fraction of sp³-hybridized carbons (Fsp3) is 0.429. The Kier molecular flexibility index (Phi) is 5.24. The third kappa shape index (κ3) is 3.22. The van der Waals surface area contributed by atoms with E-state index in [1.165, 1.54) is 0 Å². The number of amides is 1. The molecule has 2 aromatic rings. The second-order valence-corrected chi connectivity index (χ2v) is 6.03. The molecule has 0 bridgehead atoms. The molecule has 0 saturated carbocycles.